The first-order chi connectivity index (χ1) is 12.2. The van der Waals surface area contributed by atoms with E-state index in [9.17, 15) is 4.79 Å². The molecule has 25 heavy (non-hydrogen) atoms. The Labute approximate surface area is 145 Å². The van der Waals surface area contributed by atoms with E-state index in [0.717, 1.165) is 17.3 Å². The molecule has 1 fully saturated rings. The van der Waals surface area contributed by atoms with Gasteiger partial charge in [-0.2, -0.15) is 5.10 Å². The van der Waals surface area contributed by atoms with E-state index in [1.165, 1.54) is 12.0 Å². The maximum atomic E-state index is 12.7. The van der Waals surface area contributed by atoms with Crippen molar-refractivity contribution in [2.75, 3.05) is 26.3 Å². The summed E-state index contributed by atoms with van der Waals surface area (Å²) in [6, 6.07) is 6.27. The van der Waals surface area contributed by atoms with E-state index >= 15 is 0 Å². The molecule has 7 nitrogen and oxygen atoms in total. The number of fused-ring (bicyclic) bond motifs is 1. The van der Waals surface area contributed by atoms with Gasteiger partial charge in [-0.05, 0) is 31.0 Å². The van der Waals surface area contributed by atoms with E-state index in [1.807, 2.05) is 17.2 Å². The Balaban J connectivity index is 1.49. The highest BCUT2D eigenvalue weighted by Crippen LogP contribution is 2.19. The molecule has 0 spiro atoms. The molecule has 0 unspecified atom stereocenters. The fraction of sp³-hybridized carbons (Fsp3) is 0.389. The van der Waals surface area contributed by atoms with Gasteiger partial charge in [-0.1, -0.05) is 6.07 Å². The van der Waals surface area contributed by atoms with Crippen molar-refractivity contribution in [3.63, 3.8) is 0 Å². The normalized spacial score (nSPS) is 18.4. The number of nitrogens with one attached hydrogen (secondary N) is 1. The van der Waals surface area contributed by atoms with Gasteiger partial charge in [-0.3, -0.25) is 9.89 Å². The second-order valence-electron chi connectivity index (χ2n) is 6.44. The molecule has 0 bridgehead atoms. The summed E-state index contributed by atoms with van der Waals surface area (Å²) in [4.78, 5) is 18.6. The number of carbonyl (C=O) groups excluding carboxylic acids is 1. The molecule has 1 aromatic carbocycles. The molecule has 1 aliphatic heterocycles. The molecule has 1 saturated heterocycles. The third-order valence-corrected chi connectivity index (χ3v) is 4.60. The van der Waals surface area contributed by atoms with Crippen LogP contribution in [0.3, 0.4) is 0 Å². The number of hydrogen-bond donors (Lipinski definition) is 1. The molecule has 130 valence electrons. The molecule has 0 aliphatic carbocycles. The average molecular weight is 340 g/mol. The lowest BCUT2D eigenvalue weighted by Gasteiger charge is -2.23. The largest absolute Gasteiger partial charge is 0.448 e. The quantitative estimate of drug-likeness (QED) is 0.790. The minimum absolute atomic E-state index is 0.0907. The molecule has 0 saturated carbocycles. The van der Waals surface area contributed by atoms with Crippen LogP contribution in [0, 0.1) is 12.8 Å². The first-order valence-electron chi connectivity index (χ1n) is 8.40. The molecule has 7 heteroatoms. The van der Waals surface area contributed by atoms with Gasteiger partial charge in [0.05, 0.1) is 24.9 Å². The molecule has 1 aliphatic rings. The highest BCUT2D eigenvalue weighted by atomic mass is 16.5. The molecule has 0 radical (unpaired) electrons. The summed E-state index contributed by atoms with van der Waals surface area (Å²) in [6.07, 6.45) is 3.99. The van der Waals surface area contributed by atoms with Crippen LogP contribution in [0.1, 0.15) is 21.8 Å². The van der Waals surface area contributed by atoms with Crippen LogP contribution in [0.4, 0.5) is 0 Å². The Morgan fingerprint density at radius 1 is 1.44 bits per heavy atom. The van der Waals surface area contributed by atoms with Gasteiger partial charge < -0.3 is 14.1 Å². The molecular weight excluding hydrogens is 320 g/mol. The SMILES string of the molecule is Cc1ocnc1C(=O)N1CCOC[C@@H](Cc2ccc3[nH]ncc3c2)C1. The lowest BCUT2D eigenvalue weighted by atomic mass is 9.98. The number of hydrogen-bond acceptors (Lipinski definition) is 5. The van der Waals surface area contributed by atoms with Crippen molar-refractivity contribution in [3.8, 4) is 0 Å². The zero-order chi connectivity index (χ0) is 17.2. The zero-order valence-electron chi connectivity index (χ0n) is 14.1. The van der Waals surface area contributed by atoms with Crippen LogP contribution in [0.15, 0.2) is 35.2 Å². The van der Waals surface area contributed by atoms with Gasteiger partial charge in [0.1, 0.15) is 5.76 Å². The van der Waals surface area contributed by atoms with Crippen LogP contribution in [0.25, 0.3) is 10.9 Å². The first kappa shape index (κ1) is 15.8. The number of carbonyl (C=O) groups is 1. The maximum Gasteiger partial charge on any atom is 0.276 e. The maximum absolute atomic E-state index is 12.7. The van der Waals surface area contributed by atoms with Crippen LogP contribution < -0.4 is 0 Å². The van der Waals surface area contributed by atoms with Gasteiger partial charge in [0.25, 0.3) is 5.91 Å². The molecule has 3 heterocycles. The Kier molecular flexibility index (Phi) is 4.23. The molecule has 1 amide bonds. The highest BCUT2D eigenvalue weighted by Gasteiger charge is 2.26. The predicted octanol–water partition coefficient (Wildman–Crippen LogP) is 2.19. The number of aryl methyl sites for hydroxylation is 1. The number of H-pyrrole nitrogens is 1. The Morgan fingerprint density at radius 3 is 3.20 bits per heavy atom. The second-order valence-corrected chi connectivity index (χ2v) is 6.44. The van der Waals surface area contributed by atoms with E-state index in [-0.39, 0.29) is 11.8 Å². The minimum atomic E-state index is -0.0907. The van der Waals surface area contributed by atoms with Crippen molar-refractivity contribution in [2.45, 2.75) is 13.3 Å². The first-order valence-corrected chi connectivity index (χ1v) is 8.40. The Morgan fingerprint density at radius 2 is 2.36 bits per heavy atom. The number of rotatable bonds is 3. The second kappa shape index (κ2) is 6.68. The molecule has 4 rings (SSSR count). The third kappa shape index (κ3) is 3.28. The van der Waals surface area contributed by atoms with E-state index < -0.39 is 0 Å². The number of amides is 1. The number of benzene rings is 1. The van der Waals surface area contributed by atoms with E-state index in [4.69, 9.17) is 9.15 Å². The van der Waals surface area contributed by atoms with Gasteiger partial charge in [0.15, 0.2) is 12.1 Å². The fourth-order valence-corrected chi connectivity index (χ4v) is 3.30. The van der Waals surface area contributed by atoms with Gasteiger partial charge in [0.2, 0.25) is 0 Å². The number of ether oxygens (including phenoxy) is 1. The van der Waals surface area contributed by atoms with Crippen molar-refractivity contribution in [3.05, 3.63) is 47.8 Å². The monoisotopic (exact) mass is 340 g/mol. The lowest BCUT2D eigenvalue weighted by molar-refractivity contribution is 0.0730. The fourth-order valence-electron chi connectivity index (χ4n) is 3.30. The molecule has 2 aromatic heterocycles. The lowest BCUT2D eigenvalue weighted by Crippen LogP contribution is -2.36. The number of nitrogens with zero attached hydrogens (tertiary/aromatic N) is 3. The number of aromatic amines is 1. The van der Waals surface area contributed by atoms with Gasteiger partial charge in [-0.25, -0.2) is 4.98 Å². The van der Waals surface area contributed by atoms with Crippen LogP contribution in [0.5, 0.6) is 0 Å². The van der Waals surface area contributed by atoms with Crippen molar-refractivity contribution in [2.24, 2.45) is 5.92 Å². The van der Waals surface area contributed by atoms with Crippen molar-refractivity contribution < 1.29 is 13.9 Å². The third-order valence-electron chi connectivity index (χ3n) is 4.60. The molecule has 3 aromatic rings. The average Bonchev–Trinajstić information content (AvgIpc) is 3.18. The van der Waals surface area contributed by atoms with E-state index in [2.05, 4.69) is 27.3 Å². The molecular formula is C18H20N4O3. The van der Waals surface area contributed by atoms with Gasteiger partial charge in [0, 0.05) is 24.4 Å². The summed E-state index contributed by atoms with van der Waals surface area (Å²) in [5.41, 5.74) is 2.63. The minimum Gasteiger partial charge on any atom is -0.448 e. The van der Waals surface area contributed by atoms with Crippen LogP contribution in [-0.2, 0) is 11.2 Å². The zero-order valence-corrected chi connectivity index (χ0v) is 14.1. The predicted molar refractivity (Wildman–Crippen MR) is 91.3 cm³/mol. The molecule has 1 atom stereocenters. The summed E-state index contributed by atoms with van der Waals surface area (Å²) in [6.45, 7) is 4.16. The Hall–Kier alpha value is -2.67. The topological polar surface area (TPSA) is 84.3 Å². The van der Waals surface area contributed by atoms with Crippen molar-refractivity contribution >= 4 is 16.8 Å². The highest BCUT2D eigenvalue weighted by molar-refractivity contribution is 5.93. The summed E-state index contributed by atoms with van der Waals surface area (Å²) >= 11 is 0. The Bertz CT molecular complexity index is 885. The van der Waals surface area contributed by atoms with E-state index in [0.29, 0.717) is 37.8 Å². The summed E-state index contributed by atoms with van der Waals surface area (Å²) < 4.78 is 10.9. The van der Waals surface area contributed by atoms with Crippen molar-refractivity contribution in [1.82, 2.24) is 20.1 Å². The summed E-state index contributed by atoms with van der Waals surface area (Å²) in [5, 5.41) is 8.11. The summed E-state index contributed by atoms with van der Waals surface area (Å²) in [5.74, 6) is 0.701. The van der Waals surface area contributed by atoms with E-state index in [1.54, 1.807) is 6.92 Å². The number of aromatic nitrogens is 3. The van der Waals surface area contributed by atoms with Gasteiger partial charge in [-0.15, -0.1) is 0 Å². The van der Waals surface area contributed by atoms with Crippen LogP contribution in [-0.4, -0.2) is 52.3 Å². The number of oxazole rings is 1. The van der Waals surface area contributed by atoms with Gasteiger partial charge >= 0.3 is 0 Å². The van der Waals surface area contributed by atoms with Crippen LogP contribution >= 0.6 is 0 Å². The van der Waals surface area contributed by atoms with Crippen LogP contribution in [0.2, 0.25) is 0 Å². The van der Waals surface area contributed by atoms with Crippen molar-refractivity contribution in [1.29, 1.82) is 0 Å². The standard InChI is InChI=1S/C18H20N4O3/c1-12-17(19-11-25-12)18(23)22-4-5-24-10-14(9-22)6-13-2-3-16-15(7-13)8-20-21-16/h2-3,7-8,11,14H,4-6,9-10H2,1H3,(H,20,21)/t14-/m0/s1. The molecule has 1 N–H and O–H groups in total. The smallest absolute Gasteiger partial charge is 0.276 e. The summed E-state index contributed by atoms with van der Waals surface area (Å²) in [7, 11) is 0.